The first-order chi connectivity index (χ1) is 6.00. The quantitative estimate of drug-likeness (QED) is 0.774. The van der Waals surface area contributed by atoms with Crippen LogP contribution >= 0.6 is 11.6 Å². The fourth-order valence-electron chi connectivity index (χ4n) is 1.22. The fraction of sp³-hybridized carbons (Fsp3) is 0.333. The third-order valence-corrected chi connectivity index (χ3v) is 2.45. The Labute approximate surface area is 86.6 Å². The zero-order chi connectivity index (χ0) is 10.0. The van der Waals surface area contributed by atoms with E-state index in [-0.39, 0.29) is 0 Å². The lowest BCUT2D eigenvalue weighted by atomic mass is 10.1. The maximum atomic E-state index is 11.0. The Morgan fingerprint density at radius 2 is 1.77 bits per heavy atom. The largest absolute Gasteiger partial charge is 0.593 e. The second-order valence-corrected chi connectivity index (χ2v) is 4.52. The van der Waals surface area contributed by atoms with Crippen LogP contribution in [0.3, 0.4) is 0 Å². The minimum absolute atomic E-state index is 0.711. The van der Waals surface area contributed by atoms with Crippen LogP contribution in [-0.4, -0.2) is 10.8 Å². The third kappa shape index (κ3) is 2.79. The van der Waals surface area contributed by atoms with Crippen molar-refractivity contribution in [1.82, 2.24) is 0 Å². The van der Waals surface area contributed by atoms with Crippen LogP contribution in [0.15, 0.2) is 12.1 Å². The topological polar surface area (TPSA) is 35.1 Å². The lowest BCUT2D eigenvalue weighted by Crippen LogP contribution is -2.11. The highest BCUT2D eigenvalue weighted by atomic mass is 35.5. The number of hydrogen-bond acceptors (Lipinski definition) is 2. The predicted molar refractivity (Wildman–Crippen MR) is 58.6 cm³/mol. The molecule has 0 saturated heterocycles. The van der Waals surface area contributed by atoms with Crippen molar-refractivity contribution >= 4 is 28.7 Å². The minimum atomic E-state index is -1.04. The number of aryl methyl sites for hydroxylation is 2. The van der Waals surface area contributed by atoms with Gasteiger partial charge in [-0.2, -0.15) is 0 Å². The molecule has 0 saturated carbocycles. The molecule has 0 aliphatic rings. The van der Waals surface area contributed by atoms with E-state index < -0.39 is 11.4 Å². The van der Waals surface area contributed by atoms with Gasteiger partial charge in [-0.05, 0) is 37.1 Å². The number of halogens is 1. The molecule has 0 aromatic heterocycles. The molecule has 0 amide bonds. The molecule has 4 heteroatoms. The molecule has 2 nitrogen and oxygen atoms in total. The van der Waals surface area contributed by atoms with E-state index in [0.29, 0.717) is 5.02 Å². The first-order valence-electron chi connectivity index (χ1n) is 3.87. The molecule has 1 atom stereocenters. The second kappa shape index (κ2) is 4.22. The molecule has 13 heavy (non-hydrogen) atoms. The summed E-state index contributed by atoms with van der Waals surface area (Å²) in [4.78, 5) is 0. The smallest absolute Gasteiger partial charge is 0.121 e. The molecule has 0 spiro atoms. The van der Waals surface area contributed by atoms with E-state index in [2.05, 4.69) is 4.72 Å². The van der Waals surface area contributed by atoms with Crippen molar-refractivity contribution in [2.24, 2.45) is 0 Å². The van der Waals surface area contributed by atoms with Crippen molar-refractivity contribution in [3.63, 3.8) is 0 Å². The summed E-state index contributed by atoms with van der Waals surface area (Å²) in [5, 5.41) is 0.711. The lowest BCUT2D eigenvalue weighted by Gasteiger charge is -2.12. The highest BCUT2D eigenvalue weighted by molar-refractivity contribution is 7.92. The Kier molecular flexibility index (Phi) is 3.47. The SMILES string of the molecule is Cc1cc(Cl)cc(C)c1N[S+](C)[O-]. The average Bonchev–Trinajstić information content (AvgIpc) is 1.96. The Morgan fingerprint density at radius 1 is 1.31 bits per heavy atom. The van der Waals surface area contributed by atoms with E-state index in [0.717, 1.165) is 16.8 Å². The Hall–Kier alpha value is -0.380. The van der Waals surface area contributed by atoms with Crippen molar-refractivity contribution in [2.75, 3.05) is 11.0 Å². The summed E-state index contributed by atoms with van der Waals surface area (Å²) >= 11 is 4.82. The molecule has 0 fully saturated rings. The number of hydrogen-bond donors (Lipinski definition) is 1. The van der Waals surface area contributed by atoms with E-state index in [1.807, 2.05) is 26.0 Å². The van der Waals surface area contributed by atoms with Crippen LogP contribution in [0.2, 0.25) is 5.02 Å². The van der Waals surface area contributed by atoms with Crippen molar-refractivity contribution in [1.29, 1.82) is 0 Å². The highest BCUT2D eigenvalue weighted by Crippen LogP contribution is 2.25. The zero-order valence-electron chi connectivity index (χ0n) is 7.85. The van der Waals surface area contributed by atoms with E-state index in [9.17, 15) is 4.55 Å². The van der Waals surface area contributed by atoms with Gasteiger partial charge in [0.25, 0.3) is 0 Å². The van der Waals surface area contributed by atoms with Crippen LogP contribution in [0.1, 0.15) is 11.1 Å². The van der Waals surface area contributed by atoms with Crippen LogP contribution in [0.4, 0.5) is 5.69 Å². The van der Waals surface area contributed by atoms with Gasteiger partial charge in [0, 0.05) is 5.02 Å². The number of benzene rings is 1. The van der Waals surface area contributed by atoms with E-state index in [1.54, 1.807) is 6.26 Å². The summed E-state index contributed by atoms with van der Waals surface area (Å²) in [5.74, 6) is 0. The Balaban J connectivity index is 3.06. The van der Waals surface area contributed by atoms with Crippen molar-refractivity contribution in [2.45, 2.75) is 13.8 Å². The molecule has 0 aliphatic heterocycles. The molecule has 1 aromatic rings. The van der Waals surface area contributed by atoms with Crippen LogP contribution in [0.5, 0.6) is 0 Å². The molecular formula is C9H12ClNOS. The fourth-order valence-corrected chi connectivity index (χ4v) is 2.15. The maximum absolute atomic E-state index is 11.0. The van der Waals surface area contributed by atoms with Crippen LogP contribution < -0.4 is 4.72 Å². The monoisotopic (exact) mass is 217 g/mol. The molecule has 0 radical (unpaired) electrons. The van der Waals surface area contributed by atoms with Crippen molar-refractivity contribution in [3.05, 3.63) is 28.3 Å². The molecule has 72 valence electrons. The Bertz CT molecular complexity index is 291. The molecule has 1 aromatic carbocycles. The molecule has 1 N–H and O–H groups in total. The van der Waals surface area contributed by atoms with Gasteiger partial charge in [0.05, 0.1) is 17.0 Å². The van der Waals surface area contributed by atoms with Gasteiger partial charge in [-0.3, -0.25) is 0 Å². The van der Waals surface area contributed by atoms with E-state index >= 15 is 0 Å². The molecular weight excluding hydrogens is 206 g/mol. The average molecular weight is 218 g/mol. The molecule has 1 rings (SSSR count). The normalized spacial score (nSPS) is 12.7. The summed E-state index contributed by atoms with van der Waals surface area (Å²) in [6.45, 7) is 3.88. The van der Waals surface area contributed by atoms with Crippen LogP contribution in [0, 0.1) is 13.8 Å². The standard InChI is InChI=1S/C9H12ClNOS/c1-6-4-8(10)5-7(2)9(6)11-13(3)12/h4-5,11H,1-3H3. The van der Waals surface area contributed by atoms with Crippen molar-refractivity contribution < 1.29 is 4.55 Å². The van der Waals surface area contributed by atoms with Gasteiger partial charge in [-0.1, -0.05) is 11.6 Å². The van der Waals surface area contributed by atoms with Gasteiger partial charge in [0.15, 0.2) is 0 Å². The molecule has 0 bridgehead atoms. The van der Waals surface area contributed by atoms with Gasteiger partial charge >= 0.3 is 0 Å². The first kappa shape index (κ1) is 10.7. The van der Waals surface area contributed by atoms with E-state index in [4.69, 9.17) is 11.6 Å². The second-order valence-electron chi connectivity index (χ2n) is 2.97. The number of anilines is 1. The predicted octanol–water partition coefficient (Wildman–Crippen LogP) is 2.66. The number of nitrogens with one attached hydrogen (secondary N) is 1. The highest BCUT2D eigenvalue weighted by Gasteiger charge is 2.07. The minimum Gasteiger partial charge on any atom is -0.593 e. The maximum Gasteiger partial charge on any atom is 0.121 e. The molecule has 0 heterocycles. The first-order valence-corrected chi connectivity index (χ1v) is 5.81. The van der Waals surface area contributed by atoms with Crippen LogP contribution in [0.25, 0.3) is 0 Å². The summed E-state index contributed by atoms with van der Waals surface area (Å²) in [6, 6.07) is 3.70. The summed E-state index contributed by atoms with van der Waals surface area (Å²) < 4.78 is 13.9. The van der Waals surface area contributed by atoms with Gasteiger partial charge in [-0.25, -0.2) is 4.72 Å². The number of rotatable bonds is 2. The van der Waals surface area contributed by atoms with Gasteiger partial charge < -0.3 is 4.55 Å². The summed E-state index contributed by atoms with van der Waals surface area (Å²) in [6.07, 6.45) is 1.60. The Morgan fingerprint density at radius 3 is 2.15 bits per heavy atom. The van der Waals surface area contributed by atoms with Gasteiger partial charge in [0.2, 0.25) is 0 Å². The van der Waals surface area contributed by atoms with Gasteiger partial charge in [0.1, 0.15) is 6.26 Å². The van der Waals surface area contributed by atoms with Crippen LogP contribution in [-0.2, 0) is 11.4 Å². The van der Waals surface area contributed by atoms with Crippen molar-refractivity contribution in [3.8, 4) is 0 Å². The molecule has 0 aliphatic carbocycles. The summed E-state index contributed by atoms with van der Waals surface area (Å²) in [7, 11) is 0. The zero-order valence-corrected chi connectivity index (χ0v) is 9.42. The lowest BCUT2D eigenvalue weighted by molar-refractivity contribution is 0.605. The summed E-state index contributed by atoms with van der Waals surface area (Å²) in [5.41, 5.74) is 2.94. The molecule has 1 unspecified atom stereocenters. The van der Waals surface area contributed by atoms with Gasteiger partial charge in [-0.15, -0.1) is 0 Å². The third-order valence-electron chi connectivity index (χ3n) is 1.74. The van der Waals surface area contributed by atoms with E-state index in [1.165, 1.54) is 0 Å².